The topological polar surface area (TPSA) is 78.2 Å². The van der Waals surface area contributed by atoms with E-state index < -0.39 is 19.2 Å². The van der Waals surface area contributed by atoms with E-state index in [0.717, 1.165) is 11.1 Å². The minimum absolute atomic E-state index is 0.00872. The van der Waals surface area contributed by atoms with Gasteiger partial charge in [0.05, 0.1) is 6.85 Å². The molecule has 1 fully saturated rings. The summed E-state index contributed by atoms with van der Waals surface area (Å²) in [5, 5.41) is 4.57. The molecule has 0 unspecified atom stereocenters. The second-order valence-corrected chi connectivity index (χ2v) is 7.69. The highest BCUT2D eigenvalue weighted by Gasteiger charge is 2.25. The van der Waals surface area contributed by atoms with Crippen LogP contribution in [0.5, 0.6) is 17.2 Å². The van der Waals surface area contributed by atoms with Gasteiger partial charge in [-0.05, 0) is 32.9 Å². The number of hydrogen-bond donors (Lipinski definition) is 0. The first-order chi connectivity index (χ1) is 16.8. The van der Waals surface area contributed by atoms with E-state index in [9.17, 15) is 4.79 Å². The van der Waals surface area contributed by atoms with Gasteiger partial charge in [0.1, 0.15) is 24.9 Å². The van der Waals surface area contributed by atoms with E-state index in [-0.39, 0.29) is 17.1 Å². The van der Waals surface area contributed by atoms with Crippen LogP contribution in [0.3, 0.4) is 0 Å². The fourth-order valence-electron chi connectivity index (χ4n) is 3.84. The van der Waals surface area contributed by atoms with Crippen molar-refractivity contribution in [3.8, 4) is 17.2 Å². The van der Waals surface area contributed by atoms with Crippen LogP contribution in [-0.2, 0) is 0 Å². The minimum atomic E-state index is -2.68. The first-order valence-electron chi connectivity index (χ1n) is 12.6. The zero-order valence-electron chi connectivity index (χ0n) is 22.6. The fourth-order valence-corrected chi connectivity index (χ4v) is 3.84. The van der Waals surface area contributed by atoms with E-state index >= 15 is 0 Å². The predicted octanol–water partition coefficient (Wildman–Crippen LogP) is 2.83. The lowest BCUT2D eigenvalue weighted by atomic mass is 10.1. The van der Waals surface area contributed by atoms with Gasteiger partial charge in [-0.3, -0.25) is 4.79 Å². The zero-order chi connectivity index (χ0) is 26.0. The van der Waals surface area contributed by atoms with Crippen LogP contribution < -0.4 is 24.7 Å². The molecule has 162 valence electrons. The van der Waals surface area contributed by atoms with Gasteiger partial charge in [0.2, 0.25) is 0 Å². The predicted molar refractivity (Wildman–Crippen MR) is 117 cm³/mol. The largest absolute Gasteiger partial charge is 0.490 e. The van der Waals surface area contributed by atoms with E-state index in [1.807, 2.05) is 18.7 Å². The van der Waals surface area contributed by atoms with Gasteiger partial charge < -0.3 is 19.1 Å². The quantitative estimate of drug-likeness (QED) is 0.636. The molecule has 0 saturated carbocycles. The van der Waals surface area contributed by atoms with E-state index in [1.165, 1.54) is 22.7 Å². The molecule has 0 bridgehead atoms. The molecule has 2 aliphatic heterocycles. The van der Waals surface area contributed by atoms with Crippen molar-refractivity contribution < 1.29 is 21.1 Å². The zero-order valence-corrected chi connectivity index (χ0v) is 17.6. The Hall–Kier alpha value is -3.29. The fraction of sp³-hybridized carbons (Fsp3) is 0.435. The van der Waals surface area contributed by atoms with Gasteiger partial charge >= 0.3 is 0 Å². The molecule has 2 aliphatic rings. The molecule has 4 heterocycles. The molecule has 31 heavy (non-hydrogen) atoms. The SMILES string of the molecule is [2H]C1(Oc2ccc3c(c2)OC([2H])([2H])C([2H])([2H])O3)CCN(c2nn3c(=O)cc(C)nc3c(C)c2C)CC1. The van der Waals surface area contributed by atoms with Gasteiger partial charge in [-0.1, -0.05) is 0 Å². The van der Waals surface area contributed by atoms with Crippen molar-refractivity contribution >= 4 is 11.5 Å². The van der Waals surface area contributed by atoms with Crippen LogP contribution in [0.2, 0.25) is 0 Å². The van der Waals surface area contributed by atoms with Gasteiger partial charge in [-0.2, -0.15) is 4.52 Å². The third-order valence-electron chi connectivity index (χ3n) is 5.61. The van der Waals surface area contributed by atoms with Crippen molar-refractivity contribution in [3.05, 3.63) is 51.4 Å². The molecular weight excluding hydrogens is 396 g/mol. The molecular formula is C23H26N4O4. The number of anilines is 1. The number of ether oxygens (including phenoxy) is 3. The lowest BCUT2D eigenvalue weighted by Gasteiger charge is -2.34. The standard InChI is InChI=1S/C23H26N4O4/c1-14-12-21(28)27-22(24-14)15(2)16(3)23(25-27)26-8-6-17(7-9-26)31-18-4-5-19-20(13-18)30-11-10-29-19/h4-5,12-13,17H,6-11H2,1-3H3/i10D2,11D2,17D. The summed E-state index contributed by atoms with van der Waals surface area (Å²) in [5.41, 5.74) is 2.73. The van der Waals surface area contributed by atoms with Crippen molar-refractivity contribution in [1.82, 2.24) is 14.6 Å². The van der Waals surface area contributed by atoms with Gasteiger partial charge in [0.15, 0.2) is 23.0 Å². The lowest BCUT2D eigenvalue weighted by Crippen LogP contribution is -2.39. The van der Waals surface area contributed by atoms with E-state index in [2.05, 4.69) is 10.1 Å². The molecule has 2 aromatic heterocycles. The number of aryl methyl sites for hydroxylation is 2. The summed E-state index contributed by atoms with van der Waals surface area (Å²) in [4.78, 5) is 19.0. The average molecular weight is 428 g/mol. The highest BCUT2D eigenvalue weighted by Crippen LogP contribution is 2.34. The minimum Gasteiger partial charge on any atom is -0.490 e. The van der Waals surface area contributed by atoms with E-state index in [0.29, 0.717) is 48.8 Å². The maximum absolute atomic E-state index is 12.5. The number of nitrogens with zero attached hydrogens (tertiary/aromatic N) is 4. The maximum atomic E-state index is 12.5. The first-order valence-corrected chi connectivity index (χ1v) is 10.1. The third-order valence-corrected chi connectivity index (χ3v) is 5.61. The monoisotopic (exact) mass is 427 g/mol. The molecule has 8 nitrogen and oxygen atoms in total. The Balaban J connectivity index is 1.34. The first kappa shape index (κ1) is 14.7. The summed E-state index contributed by atoms with van der Waals surface area (Å²) >= 11 is 0. The summed E-state index contributed by atoms with van der Waals surface area (Å²) in [5.74, 6) is 1.03. The second-order valence-electron chi connectivity index (χ2n) is 7.69. The number of rotatable bonds is 3. The summed E-state index contributed by atoms with van der Waals surface area (Å²) in [6.45, 7) is 1.27. The molecule has 0 amide bonds. The van der Waals surface area contributed by atoms with Crippen LogP contribution in [0.1, 0.15) is 36.5 Å². The number of aromatic nitrogens is 3. The summed E-state index contributed by atoms with van der Waals surface area (Å²) in [6.07, 6.45) is -0.544. The van der Waals surface area contributed by atoms with Crippen molar-refractivity contribution in [2.75, 3.05) is 31.1 Å². The van der Waals surface area contributed by atoms with Crippen molar-refractivity contribution in [1.29, 1.82) is 0 Å². The summed E-state index contributed by atoms with van der Waals surface area (Å²) < 4.78 is 57.3. The third kappa shape index (κ3) is 3.66. The van der Waals surface area contributed by atoms with Crippen molar-refractivity contribution in [2.24, 2.45) is 0 Å². The highest BCUT2D eigenvalue weighted by atomic mass is 16.6. The van der Waals surface area contributed by atoms with Gasteiger partial charge in [0, 0.05) is 54.9 Å². The Morgan fingerprint density at radius 1 is 1.10 bits per heavy atom. The number of fused-ring (bicyclic) bond motifs is 2. The lowest BCUT2D eigenvalue weighted by molar-refractivity contribution is 0.159. The molecule has 0 spiro atoms. The van der Waals surface area contributed by atoms with Crippen LogP contribution >= 0.6 is 0 Å². The molecule has 1 aromatic carbocycles. The Morgan fingerprint density at radius 2 is 1.84 bits per heavy atom. The maximum Gasteiger partial charge on any atom is 0.274 e. The molecule has 3 aromatic rings. The molecule has 0 radical (unpaired) electrons. The molecule has 0 atom stereocenters. The highest BCUT2D eigenvalue weighted by molar-refractivity contribution is 5.59. The van der Waals surface area contributed by atoms with Crippen LogP contribution in [0.25, 0.3) is 5.65 Å². The average Bonchev–Trinajstić information content (AvgIpc) is 2.78. The Bertz CT molecular complexity index is 1420. The van der Waals surface area contributed by atoms with Crippen LogP contribution in [0.4, 0.5) is 5.82 Å². The Morgan fingerprint density at radius 3 is 2.61 bits per heavy atom. The Labute approximate surface area is 187 Å². The van der Waals surface area contributed by atoms with Gasteiger partial charge in [-0.25, -0.2) is 4.98 Å². The van der Waals surface area contributed by atoms with Crippen LogP contribution in [0.15, 0.2) is 29.1 Å². The van der Waals surface area contributed by atoms with Crippen LogP contribution in [-0.4, -0.2) is 46.9 Å². The van der Waals surface area contributed by atoms with Crippen molar-refractivity contribution in [2.45, 2.75) is 39.7 Å². The van der Waals surface area contributed by atoms with E-state index in [4.69, 9.17) is 21.1 Å². The summed E-state index contributed by atoms with van der Waals surface area (Å²) in [6, 6.07) is 5.84. The number of piperidine rings is 1. The van der Waals surface area contributed by atoms with Crippen LogP contribution in [0, 0.1) is 20.8 Å². The second kappa shape index (κ2) is 7.76. The Kier molecular flexibility index (Phi) is 3.67. The number of benzene rings is 1. The molecule has 0 N–H and O–H groups in total. The molecule has 1 saturated heterocycles. The number of hydrogen-bond acceptors (Lipinski definition) is 7. The van der Waals surface area contributed by atoms with E-state index in [1.54, 1.807) is 13.0 Å². The van der Waals surface area contributed by atoms with Gasteiger partial charge in [0.25, 0.3) is 5.56 Å². The normalized spacial score (nSPS) is 23.2. The molecule has 8 heteroatoms. The summed E-state index contributed by atoms with van der Waals surface area (Å²) in [7, 11) is 0. The molecule has 5 rings (SSSR count). The molecule has 0 aliphatic carbocycles. The smallest absolute Gasteiger partial charge is 0.274 e. The van der Waals surface area contributed by atoms with Gasteiger partial charge in [-0.15, -0.1) is 5.10 Å². The van der Waals surface area contributed by atoms with Crippen molar-refractivity contribution in [3.63, 3.8) is 0 Å².